The van der Waals surface area contributed by atoms with Crippen LogP contribution >= 0.6 is 11.6 Å². The predicted molar refractivity (Wildman–Crippen MR) is 108 cm³/mol. The summed E-state index contributed by atoms with van der Waals surface area (Å²) in [6, 6.07) is 5.68. The van der Waals surface area contributed by atoms with Gasteiger partial charge < -0.3 is 10.6 Å². The molecule has 1 heterocycles. The summed E-state index contributed by atoms with van der Waals surface area (Å²) < 4.78 is 0. The van der Waals surface area contributed by atoms with E-state index < -0.39 is 0 Å². The van der Waals surface area contributed by atoms with Crippen LogP contribution in [0.15, 0.2) is 18.2 Å². The van der Waals surface area contributed by atoms with Gasteiger partial charge in [-0.2, -0.15) is 0 Å². The predicted octanol–water partition coefficient (Wildman–Crippen LogP) is 3.00. The smallest absolute Gasteiger partial charge is 0.251 e. The molecule has 1 saturated heterocycles. The van der Waals surface area contributed by atoms with Crippen molar-refractivity contribution >= 4 is 23.4 Å². The summed E-state index contributed by atoms with van der Waals surface area (Å²) >= 11 is 6.07. The van der Waals surface area contributed by atoms with Crippen molar-refractivity contribution in [2.75, 3.05) is 26.2 Å². The molecule has 1 aliphatic heterocycles. The summed E-state index contributed by atoms with van der Waals surface area (Å²) in [6.07, 6.45) is 3.10. The number of likely N-dealkylation sites (tertiary alicyclic amines) is 1. The third-order valence-corrected chi connectivity index (χ3v) is 5.94. The van der Waals surface area contributed by atoms with Gasteiger partial charge in [0.1, 0.15) is 0 Å². The highest BCUT2D eigenvalue weighted by atomic mass is 35.5. The van der Waals surface area contributed by atoms with Crippen molar-refractivity contribution in [3.05, 3.63) is 34.3 Å². The van der Waals surface area contributed by atoms with Crippen molar-refractivity contribution in [2.24, 2.45) is 11.3 Å². The number of carbonyl (C=O) groups is 2. The molecule has 3 rings (SSSR count). The first-order chi connectivity index (χ1) is 12.8. The van der Waals surface area contributed by atoms with Gasteiger partial charge >= 0.3 is 0 Å². The SMILES string of the molecule is Cc1cc(Cl)cc(C(=O)NC2CC23CCN(CC(=O)NCC(C)C)CC3)c1. The van der Waals surface area contributed by atoms with E-state index in [9.17, 15) is 9.59 Å². The Morgan fingerprint density at radius 1 is 1.26 bits per heavy atom. The summed E-state index contributed by atoms with van der Waals surface area (Å²) in [5.74, 6) is 0.535. The van der Waals surface area contributed by atoms with Gasteiger partial charge in [0.05, 0.1) is 6.54 Å². The number of halogens is 1. The fourth-order valence-electron chi connectivity index (χ4n) is 3.95. The Balaban J connectivity index is 1.45. The maximum atomic E-state index is 12.5. The van der Waals surface area contributed by atoms with Crippen LogP contribution in [0.1, 0.15) is 49.0 Å². The minimum absolute atomic E-state index is 0.0435. The van der Waals surface area contributed by atoms with Crippen molar-refractivity contribution in [1.29, 1.82) is 0 Å². The van der Waals surface area contributed by atoms with Gasteiger partial charge in [0, 0.05) is 23.2 Å². The molecule has 2 aliphatic rings. The zero-order chi connectivity index (χ0) is 19.6. The van der Waals surface area contributed by atoms with E-state index in [-0.39, 0.29) is 23.3 Å². The maximum absolute atomic E-state index is 12.5. The highest BCUT2D eigenvalue weighted by molar-refractivity contribution is 6.31. The van der Waals surface area contributed by atoms with E-state index in [4.69, 9.17) is 11.6 Å². The number of benzene rings is 1. The molecule has 1 spiro atoms. The number of piperidine rings is 1. The molecule has 0 bridgehead atoms. The molecule has 27 heavy (non-hydrogen) atoms. The van der Waals surface area contributed by atoms with Crippen molar-refractivity contribution < 1.29 is 9.59 Å². The van der Waals surface area contributed by atoms with Crippen LogP contribution in [-0.4, -0.2) is 48.9 Å². The van der Waals surface area contributed by atoms with Gasteiger partial charge in [0.2, 0.25) is 5.91 Å². The maximum Gasteiger partial charge on any atom is 0.251 e. The van der Waals surface area contributed by atoms with Crippen molar-refractivity contribution in [2.45, 2.75) is 46.1 Å². The largest absolute Gasteiger partial charge is 0.355 e. The fraction of sp³-hybridized carbons (Fsp3) is 0.619. The molecular formula is C21H30ClN3O2. The van der Waals surface area contributed by atoms with Gasteiger partial charge in [-0.3, -0.25) is 14.5 Å². The summed E-state index contributed by atoms with van der Waals surface area (Å²) in [4.78, 5) is 26.7. The quantitative estimate of drug-likeness (QED) is 0.783. The monoisotopic (exact) mass is 391 g/mol. The second-order valence-electron chi connectivity index (χ2n) is 8.58. The molecule has 1 aromatic rings. The zero-order valence-electron chi connectivity index (χ0n) is 16.5. The minimum Gasteiger partial charge on any atom is -0.355 e. The Morgan fingerprint density at radius 2 is 1.96 bits per heavy atom. The lowest BCUT2D eigenvalue weighted by atomic mass is 9.92. The lowest BCUT2D eigenvalue weighted by Crippen LogP contribution is -2.44. The topological polar surface area (TPSA) is 61.4 Å². The molecule has 5 nitrogen and oxygen atoms in total. The third-order valence-electron chi connectivity index (χ3n) is 5.73. The number of hydrogen-bond acceptors (Lipinski definition) is 3. The summed E-state index contributed by atoms with van der Waals surface area (Å²) in [5.41, 5.74) is 1.83. The van der Waals surface area contributed by atoms with Crippen LogP contribution in [0.5, 0.6) is 0 Å². The van der Waals surface area contributed by atoms with E-state index in [0.717, 1.165) is 44.5 Å². The average Bonchev–Trinajstić information content (AvgIpc) is 3.26. The fourth-order valence-corrected chi connectivity index (χ4v) is 4.24. The Morgan fingerprint density at radius 3 is 2.59 bits per heavy atom. The van der Waals surface area contributed by atoms with Crippen LogP contribution in [0.3, 0.4) is 0 Å². The van der Waals surface area contributed by atoms with E-state index in [2.05, 4.69) is 29.4 Å². The molecule has 2 N–H and O–H groups in total. The molecular weight excluding hydrogens is 362 g/mol. The van der Waals surface area contributed by atoms with Gasteiger partial charge in [0.15, 0.2) is 0 Å². The van der Waals surface area contributed by atoms with E-state index in [1.807, 2.05) is 19.1 Å². The van der Waals surface area contributed by atoms with Crippen LogP contribution in [0.2, 0.25) is 5.02 Å². The zero-order valence-corrected chi connectivity index (χ0v) is 17.2. The first kappa shape index (κ1) is 20.2. The van der Waals surface area contributed by atoms with E-state index in [1.165, 1.54) is 0 Å². The standard InChI is InChI=1S/C21H30ClN3O2/c1-14(2)12-23-19(26)13-25-6-4-21(5-7-25)11-18(21)24-20(27)16-8-15(3)9-17(22)10-16/h8-10,14,18H,4-7,11-13H2,1-3H3,(H,23,26)(H,24,27). The van der Waals surface area contributed by atoms with Crippen molar-refractivity contribution in [3.63, 3.8) is 0 Å². The van der Waals surface area contributed by atoms with Gasteiger partial charge in [-0.1, -0.05) is 25.4 Å². The lowest BCUT2D eigenvalue weighted by molar-refractivity contribution is -0.122. The van der Waals surface area contributed by atoms with Crippen molar-refractivity contribution in [3.8, 4) is 0 Å². The van der Waals surface area contributed by atoms with E-state index >= 15 is 0 Å². The van der Waals surface area contributed by atoms with Crippen LogP contribution < -0.4 is 10.6 Å². The van der Waals surface area contributed by atoms with Gasteiger partial charge in [-0.25, -0.2) is 0 Å². The molecule has 1 saturated carbocycles. The molecule has 0 radical (unpaired) electrons. The Labute approximate surface area is 166 Å². The average molecular weight is 392 g/mol. The van der Waals surface area contributed by atoms with Crippen LogP contribution in [0.25, 0.3) is 0 Å². The highest BCUT2D eigenvalue weighted by Crippen LogP contribution is 2.53. The first-order valence-corrected chi connectivity index (χ1v) is 10.2. The number of amides is 2. The number of aryl methyl sites for hydroxylation is 1. The normalized spacial score (nSPS) is 21.3. The van der Waals surface area contributed by atoms with Crippen molar-refractivity contribution in [1.82, 2.24) is 15.5 Å². The molecule has 2 amide bonds. The van der Waals surface area contributed by atoms with Gasteiger partial charge in [-0.15, -0.1) is 0 Å². The van der Waals surface area contributed by atoms with Crippen LogP contribution in [0.4, 0.5) is 0 Å². The molecule has 2 fully saturated rings. The Hall–Kier alpha value is -1.59. The second-order valence-corrected chi connectivity index (χ2v) is 9.02. The number of carbonyl (C=O) groups excluding carboxylic acids is 2. The van der Waals surface area contributed by atoms with E-state index in [1.54, 1.807) is 6.07 Å². The van der Waals surface area contributed by atoms with Gasteiger partial charge in [0.25, 0.3) is 5.91 Å². The molecule has 1 atom stereocenters. The lowest BCUT2D eigenvalue weighted by Gasteiger charge is -2.32. The number of nitrogens with zero attached hydrogens (tertiary/aromatic N) is 1. The summed E-state index contributed by atoms with van der Waals surface area (Å²) in [7, 11) is 0. The molecule has 1 aliphatic carbocycles. The Kier molecular flexibility index (Phi) is 6.11. The second kappa shape index (κ2) is 8.19. The third kappa shape index (κ3) is 5.23. The number of rotatable bonds is 6. The number of hydrogen-bond donors (Lipinski definition) is 2. The molecule has 148 valence electrons. The highest BCUT2D eigenvalue weighted by Gasteiger charge is 2.55. The van der Waals surface area contributed by atoms with Crippen LogP contribution in [-0.2, 0) is 4.79 Å². The molecule has 1 unspecified atom stereocenters. The minimum atomic E-state index is -0.0435. The summed E-state index contributed by atoms with van der Waals surface area (Å²) in [5, 5.41) is 6.75. The molecule has 0 aromatic heterocycles. The summed E-state index contributed by atoms with van der Waals surface area (Å²) in [6.45, 7) is 9.16. The van der Waals surface area contributed by atoms with Gasteiger partial charge in [-0.05, 0) is 74.4 Å². The van der Waals surface area contributed by atoms with Crippen LogP contribution in [0, 0.1) is 18.3 Å². The Bertz CT molecular complexity index is 691. The molecule has 1 aromatic carbocycles. The number of nitrogens with one attached hydrogen (secondary N) is 2. The molecule has 6 heteroatoms. The first-order valence-electron chi connectivity index (χ1n) is 9.84. The van der Waals surface area contributed by atoms with E-state index in [0.29, 0.717) is 23.0 Å².